The molecule has 3 fully saturated rings. The fourth-order valence-electron chi connectivity index (χ4n) is 8.64. The van der Waals surface area contributed by atoms with Crippen molar-refractivity contribution in [2.45, 2.75) is 117 Å². The molecule has 3 saturated carbocycles. The van der Waals surface area contributed by atoms with Crippen LogP contribution in [0.1, 0.15) is 105 Å². The molecule has 0 spiro atoms. The van der Waals surface area contributed by atoms with E-state index in [1.807, 2.05) is 6.92 Å². The molecule has 2 N–H and O–H groups in total. The van der Waals surface area contributed by atoms with Crippen LogP contribution in [0, 0.1) is 40.4 Å². The van der Waals surface area contributed by atoms with E-state index in [4.69, 9.17) is 0 Å². The van der Waals surface area contributed by atoms with Crippen molar-refractivity contribution in [3.8, 4) is 0 Å². The lowest BCUT2D eigenvalue weighted by atomic mass is 9.46. The van der Waals surface area contributed by atoms with Crippen molar-refractivity contribution >= 4 is 0 Å². The zero-order valence-corrected chi connectivity index (χ0v) is 19.7. The summed E-state index contributed by atoms with van der Waals surface area (Å²) in [6.45, 7) is 11.8. The van der Waals surface area contributed by atoms with E-state index in [0.29, 0.717) is 10.8 Å². The summed E-state index contributed by atoms with van der Waals surface area (Å²) in [6, 6.07) is 0. The van der Waals surface area contributed by atoms with Gasteiger partial charge >= 0.3 is 0 Å². The minimum Gasteiger partial charge on any atom is -0.393 e. The van der Waals surface area contributed by atoms with Gasteiger partial charge in [0.15, 0.2) is 0 Å². The van der Waals surface area contributed by atoms with E-state index >= 15 is 0 Å². The van der Waals surface area contributed by atoms with E-state index in [2.05, 4.69) is 33.8 Å². The van der Waals surface area contributed by atoms with Crippen LogP contribution < -0.4 is 0 Å². The Labute approximate surface area is 179 Å². The molecule has 4 aliphatic carbocycles. The SMILES string of the molecule is CCC(O)CCC(C)C1CCC2C3CC=C4CC(C)(O)CCC4(C)C3CCC12C. The lowest BCUT2D eigenvalue weighted by molar-refractivity contribution is -0.0708. The third-order valence-corrected chi connectivity index (χ3v) is 10.6. The zero-order chi connectivity index (χ0) is 21.0. The second-order valence-electron chi connectivity index (χ2n) is 12.3. The third kappa shape index (κ3) is 3.65. The molecule has 0 heterocycles. The van der Waals surface area contributed by atoms with E-state index in [9.17, 15) is 10.2 Å². The molecule has 0 bridgehead atoms. The molecule has 2 nitrogen and oxygen atoms in total. The molecule has 166 valence electrons. The van der Waals surface area contributed by atoms with Gasteiger partial charge in [-0.05, 0) is 118 Å². The summed E-state index contributed by atoms with van der Waals surface area (Å²) >= 11 is 0. The van der Waals surface area contributed by atoms with Crippen molar-refractivity contribution in [3.63, 3.8) is 0 Å². The highest BCUT2D eigenvalue weighted by Gasteiger charge is 2.59. The van der Waals surface area contributed by atoms with Gasteiger partial charge in [0.25, 0.3) is 0 Å². The average Bonchev–Trinajstić information content (AvgIpc) is 3.03. The summed E-state index contributed by atoms with van der Waals surface area (Å²) in [6.07, 6.45) is 15.4. The van der Waals surface area contributed by atoms with Crippen LogP contribution in [0.3, 0.4) is 0 Å². The summed E-state index contributed by atoms with van der Waals surface area (Å²) in [5.74, 6) is 4.12. The predicted molar refractivity (Wildman–Crippen MR) is 121 cm³/mol. The molecule has 4 aliphatic rings. The summed E-state index contributed by atoms with van der Waals surface area (Å²) in [5, 5.41) is 20.7. The molecule has 0 radical (unpaired) electrons. The Morgan fingerprint density at radius 3 is 2.52 bits per heavy atom. The molecule has 0 aromatic heterocycles. The van der Waals surface area contributed by atoms with Crippen LogP contribution in [0.4, 0.5) is 0 Å². The lowest BCUT2D eigenvalue weighted by Gasteiger charge is -2.59. The number of allylic oxidation sites excluding steroid dienone is 1. The Kier molecular flexibility index (Phi) is 5.78. The largest absolute Gasteiger partial charge is 0.393 e. The highest BCUT2D eigenvalue weighted by Crippen LogP contribution is 2.67. The normalized spacial score (nSPS) is 48.9. The molecule has 0 aromatic carbocycles. The molecule has 9 unspecified atom stereocenters. The van der Waals surface area contributed by atoms with Gasteiger partial charge in [0.1, 0.15) is 0 Å². The summed E-state index contributed by atoms with van der Waals surface area (Å²) < 4.78 is 0. The number of aliphatic hydroxyl groups is 2. The number of fused-ring (bicyclic) bond motifs is 5. The van der Waals surface area contributed by atoms with Gasteiger partial charge in [0.2, 0.25) is 0 Å². The number of hydrogen-bond acceptors (Lipinski definition) is 2. The standard InChI is InChI=1S/C27H46O2/c1-6-20(28)9-7-18(2)22-11-12-23-21-10-8-19-17-25(3,29)15-16-26(19,4)24(21)13-14-27(22,23)5/h8,18,20-24,28-29H,6-7,9-17H2,1-5H3. The zero-order valence-electron chi connectivity index (χ0n) is 19.7. The molecule has 0 aromatic rings. The van der Waals surface area contributed by atoms with Gasteiger partial charge in [-0.1, -0.05) is 39.3 Å². The third-order valence-electron chi connectivity index (χ3n) is 10.6. The fraction of sp³-hybridized carbons (Fsp3) is 0.926. The van der Waals surface area contributed by atoms with Crippen molar-refractivity contribution in [1.29, 1.82) is 0 Å². The first-order valence-corrected chi connectivity index (χ1v) is 12.7. The smallest absolute Gasteiger partial charge is 0.0657 e. The van der Waals surface area contributed by atoms with E-state index in [0.717, 1.165) is 55.3 Å². The molecule has 4 rings (SSSR count). The first kappa shape index (κ1) is 21.9. The van der Waals surface area contributed by atoms with Crippen LogP contribution in [-0.4, -0.2) is 21.9 Å². The van der Waals surface area contributed by atoms with E-state index < -0.39 is 5.60 Å². The van der Waals surface area contributed by atoms with Gasteiger partial charge < -0.3 is 10.2 Å². The second-order valence-corrected chi connectivity index (χ2v) is 12.3. The Morgan fingerprint density at radius 1 is 1.03 bits per heavy atom. The van der Waals surface area contributed by atoms with E-state index in [1.54, 1.807) is 5.57 Å². The number of hydrogen-bond donors (Lipinski definition) is 2. The molecule has 0 saturated heterocycles. The predicted octanol–water partition coefficient (Wildman–Crippen LogP) is 6.50. The quantitative estimate of drug-likeness (QED) is 0.515. The van der Waals surface area contributed by atoms with Gasteiger partial charge in [0, 0.05) is 0 Å². The van der Waals surface area contributed by atoms with E-state index in [1.165, 1.54) is 44.9 Å². The van der Waals surface area contributed by atoms with Crippen molar-refractivity contribution in [1.82, 2.24) is 0 Å². The molecular weight excluding hydrogens is 356 g/mol. The van der Waals surface area contributed by atoms with Crippen molar-refractivity contribution in [2.75, 3.05) is 0 Å². The van der Waals surface area contributed by atoms with Crippen LogP contribution in [0.5, 0.6) is 0 Å². The van der Waals surface area contributed by atoms with Gasteiger partial charge in [0.05, 0.1) is 11.7 Å². The fourth-order valence-corrected chi connectivity index (χ4v) is 8.64. The van der Waals surface area contributed by atoms with Crippen molar-refractivity contribution in [2.24, 2.45) is 40.4 Å². The first-order valence-electron chi connectivity index (χ1n) is 12.7. The maximum absolute atomic E-state index is 10.7. The Bertz CT molecular complexity index is 636. The monoisotopic (exact) mass is 402 g/mol. The first-order chi connectivity index (χ1) is 13.6. The minimum atomic E-state index is -0.488. The molecule has 0 amide bonds. The van der Waals surface area contributed by atoms with E-state index in [-0.39, 0.29) is 6.10 Å². The van der Waals surface area contributed by atoms with Gasteiger partial charge in [-0.2, -0.15) is 0 Å². The topological polar surface area (TPSA) is 40.5 Å². The summed E-state index contributed by atoms with van der Waals surface area (Å²) in [5.41, 5.74) is 1.93. The van der Waals surface area contributed by atoms with Crippen molar-refractivity contribution in [3.05, 3.63) is 11.6 Å². The van der Waals surface area contributed by atoms with Crippen molar-refractivity contribution < 1.29 is 10.2 Å². The van der Waals surface area contributed by atoms with Gasteiger partial charge in [-0.3, -0.25) is 0 Å². The van der Waals surface area contributed by atoms with Crippen LogP contribution in [-0.2, 0) is 0 Å². The average molecular weight is 403 g/mol. The molecule has 0 aliphatic heterocycles. The van der Waals surface area contributed by atoms with Crippen LogP contribution >= 0.6 is 0 Å². The Balaban J connectivity index is 1.51. The molecule has 29 heavy (non-hydrogen) atoms. The Hall–Kier alpha value is -0.340. The molecule has 9 atom stereocenters. The van der Waals surface area contributed by atoms with Crippen LogP contribution in [0.25, 0.3) is 0 Å². The summed E-state index contributed by atoms with van der Waals surface area (Å²) in [4.78, 5) is 0. The summed E-state index contributed by atoms with van der Waals surface area (Å²) in [7, 11) is 0. The second kappa shape index (κ2) is 7.66. The highest BCUT2D eigenvalue weighted by molar-refractivity contribution is 5.26. The van der Waals surface area contributed by atoms with Gasteiger partial charge in [-0.15, -0.1) is 0 Å². The highest BCUT2D eigenvalue weighted by atomic mass is 16.3. The maximum atomic E-state index is 10.7. The molecular formula is C27H46O2. The minimum absolute atomic E-state index is 0.108. The number of rotatable bonds is 5. The van der Waals surface area contributed by atoms with Gasteiger partial charge in [-0.25, -0.2) is 0 Å². The maximum Gasteiger partial charge on any atom is 0.0657 e. The van der Waals surface area contributed by atoms with Crippen LogP contribution in [0.15, 0.2) is 11.6 Å². The number of aliphatic hydroxyl groups excluding tert-OH is 1. The lowest BCUT2D eigenvalue weighted by Crippen LogP contribution is -2.52. The molecule has 2 heteroatoms. The Morgan fingerprint density at radius 2 is 1.79 bits per heavy atom. The van der Waals surface area contributed by atoms with Crippen LogP contribution in [0.2, 0.25) is 0 Å².